The fourth-order valence-corrected chi connectivity index (χ4v) is 2.93. The fraction of sp³-hybridized carbons (Fsp3) is 0.200. The van der Waals surface area contributed by atoms with Gasteiger partial charge in [-0.2, -0.15) is 0 Å². The molecule has 0 aliphatic carbocycles. The van der Waals surface area contributed by atoms with Crippen LogP contribution in [-0.2, 0) is 6.54 Å². The molecule has 0 radical (unpaired) electrons. The van der Waals surface area contributed by atoms with E-state index in [-0.39, 0.29) is 16.8 Å². The number of carbonyl (C=O) groups is 2. The van der Waals surface area contributed by atoms with Gasteiger partial charge in [-0.1, -0.05) is 19.1 Å². The van der Waals surface area contributed by atoms with Crippen molar-refractivity contribution >= 4 is 28.5 Å². The number of hydrogen-bond acceptors (Lipinski definition) is 4. The summed E-state index contributed by atoms with van der Waals surface area (Å²) in [5, 5.41) is 3.00. The van der Waals surface area contributed by atoms with Crippen molar-refractivity contribution < 1.29 is 9.59 Å². The average molecular weight is 364 g/mol. The van der Waals surface area contributed by atoms with Crippen LogP contribution in [0.15, 0.2) is 47.4 Å². The van der Waals surface area contributed by atoms with Crippen molar-refractivity contribution in [2.24, 2.45) is 5.73 Å². The number of para-hydroxylation sites is 1. The zero-order chi connectivity index (χ0) is 19.6. The third-order valence-electron chi connectivity index (χ3n) is 4.21. The maximum absolute atomic E-state index is 12.8. The Kier molecular flexibility index (Phi) is 5.03. The first-order valence-corrected chi connectivity index (χ1v) is 8.63. The Morgan fingerprint density at radius 2 is 1.89 bits per heavy atom. The smallest absolute Gasteiger partial charge is 0.261 e. The van der Waals surface area contributed by atoms with Gasteiger partial charge in [-0.3, -0.25) is 14.4 Å². The Morgan fingerprint density at radius 1 is 1.15 bits per heavy atom. The van der Waals surface area contributed by atoms with E-state index in [1.807, 2.05) is 13.8 Å². The lowest BCUT2D eigenvalue weighted by molar-refractivity contribution is 0.100. The molecule has 0 spiro atoms. The van der Waals surface area contributed by atoms with Crippen LogP contribution in [0.3, 0.4) is 0 Å². The molecular weight excluding hydrogens is 344 g/mol. The second kappa shape index (κ2) is 7.41. The summed E-state index contributed by atoms with van der Waals surface area (Å²) in [6.07, 6.45) is 2.34. The summed E-state index contributed by atoms with van der Waals surface area (Å²) in [6.45, 7) is 4.47. The highest BCUT2D eigenvalue weighted by Gasteiger charge is 2.18. The number of nitrogens with two attached hydrogens (primary N) is 1. The number of hydrogen-bond donors (Lipinski definition) is 2. The van der Waals surface area contributed by atoms with Crippen LogP contribution in [-0.4, -0.2) is 21.4 Å². The van der Waals surface area contributed by atoms with Crippen molar-refractivity contribution in [3.63, 3.8) is 0 Å². The highest BCUT2D eigenvalue weighted by molar-refractivity contribution is 6.09. The van der Waals surface area contributed by atoms with E-state index >= 15 is 0 Å². The lowest BCUT2D eigenvalue weighted by Gasteiger charge is -2.13. The Labute approximate surface area is 155 Å². The molecule has 0 saturated carbocycles. The summed E-state index contributed by atoms with van der Waals surface area (Å²) >= 11 is 0. The highest BCUT2D eigenvalue weighted by atomic mass is 16.2. The molecule has 7 nitrogen and oxygen atoms in total. The minimum atomic E-state index is -0.660. The van der Waals surface area contributed by atoms with Crippen molar-refractivity contribution in [2.75, 3.05) is 5.32 Å². The molecule has 0 unspecified atom stereocenters. The van der Waals surface area contributed by atoms with Gasteiger partial charge in [-0.05, 0) is 37.6 Å². The molecule has 0 aliphatic rings. The number of carbonyl (C=O) groups excluding carboxylic acids is 2. The zero-order valence-electron chi connectivity index (χ0n) is 15.2. The number of primary amides is 1. The van der Waals surface area contributed by atoms with Gasteiger partial charge >= 0.3 is 0 Å². The number of nitrogens with zero attached hydrogens (tertiary/aromatic N) is 2. The summed E-state index contributed by atoms with van der Waals surface area (Å²) in [5.41, 5.74) is 6.71. The SMILES string of the molecule is CCCn1cc(C(=O)Nc2ccccc2C(N)=O)c(=O)c2ccc(C)nc21. The lowest BCUT2D eigenvalue weighted by atomic mass is 10.1. The first kappa shape index (κ1) is 18.3. The molecule has 138 valence electrons. The molecule has 0 bridgehead atoms. The molecule has 0 atom stereocenters. The maximum atomic E-state index is 12.8. The molecule has 3 N–H and O–H groups in total. The van der Waals surface area contributed by atoms with Crippen molar-refractivity contribution in [3.8, 4) is 0 Å². The number of rotatable bonds is 5. The van der Waals surface area contributed by atoms with Crippen LogP contribution in [0.4, 0.5) is 5.69 Å². The van der Waals surface area contributed by atoms with E-state index in [9.17, 15) is 14.4 Å². The first-order valence-electron chi connectivity index (χ1n) is 8.63. The highest BCUT2D eigenvalue weighted by Crippen LogP contribution is 2.16. The lowest BCUT2D eigenvalue weighted by Crippen LogP contribution is -2.25. The fourth-order valence-electron chi connectivity index (χ4n) is 2.93. The molecule has 0 fully saturated rings. The van der Waals surface area contributed by atoms with Crippen molar-refractivity contribution in [2.45, 2.75) is 26.8 Å². The number of amides is 2. The molecule has 0 aliphatic heterocycles. The molecule has 7 heteroatoms. The predicted molar refractivity (Wildman–Crippen MR) is 104 cm³/mol. The van der Waals surface area contributed by atoms with Crippen LogP contribution >= 0.6 is 0 Å². The summed E-state index contributed by atoms with van der Waals surface area (Å²) in [5.74, 6) is -1.26. The normalized spacial score (nSPS) is 10.7. The number of aromatic nitrogens is 2. The van der Waals surface area contributed by atoms with Gasteiger partial charge < -0.3 is 15.6 Å². The van der Waals surface area contributed by atoms with E-state index in [2.05, 4.69) is 10.3 Å². The number of aryl methyl sites for hydroxylation is 2. The number of anilines is 1. The zero-order valence-corrected chi connectivity index (χ0v) is 15.2. The Bertz CT molecular complexity index is 1100. The van der Waals surface area contributed by atoms with E-state index in [0.29, 0.717) is 17.6 Å². The van der Waals surface area contributed by atoms with Gasteiger partial charge in [-0.25, -0.2) is 4.98 Å². The molecule has 3 rings (SSSR count). The minimum absolute atomic E-state index is 0.0131. The minimum Gasteiger partial charge on any atom is -0.366 e. The van der Waals surface area contributed by atoms with Crippen LogP contribution in [0.25, 0.3) is 11.0 Å². The first-order chi connectivity index (χ1) is 12.9. The van der Waals surface area contributed by atoms with Gasteiger partial charge in [0.2, 0.25) is 5.43 Å². The summed E-state index contributed by atoms with van der Waals surface area (Å²) in [7, 11) is 0. The largest absolute Gasteiger partial charge is 0.366 e. The van der Waals surface area contributed by atoms with Gasteiger partial charge in [0.05, 0.1) is 16.6 Å². The van der Waals surface area contributed by atoms with E-state index in [4.69, 9.17) is 5.73 Å². The molecule has 3 aromatic rings. The second-order valence-corrected chi connectivity index (χ2v) is 6.25. The molecule has 27 heavy (non-hydrogen) atoms. The van der Waals surface area contributed by atoms with Gasteiger partial charge in [0.25, 0.3) is 11.8 Å². The predicted octanol–water partition coefficient (Wildman–Crippen LogP) is 2.47. The summed E-state index contributed by atoms with van der Waals surface area (Å²) in [4.78, 5) is 41.6. The maximum Gasteiger partial charge on any atom is 0.261 e. The molecule has 2 heterocycles. The summed E-state index contributed by atoms with van der Waals surface area (Å²) < 4.78 is 1.80. The van der Waals surface area contributed by atoms with E-state index in [0.717, 1.165) is 12.1 Å². The molecule has 2 amide bonds. The van der Waals surface area contributed by atoms with E-state index in [1.165, 1.54) is 12.3 Å². The Morgan fingerprint density at radius 3 is 2.59 bits per heavy atom. The topological polar surface area (TPSA) is 107 Å². The molecular formula is C20H20N4O3. The molecule has 0 saturated heterocycles. The van der Waals surface area contributed by atoms with Crippen LogP contribution in [0.2, 0.25) is 0 Å². The van der Waals surface area contributed by atoms with Crippen LogP contribution in [0.1, 0.15) is 39.8 Å². The standard InChI is InChI=1S/C20H20N4O3/c1-3-10-24-11-15(17(25)14-9-8-12(2)22-19(14)24)20(27)23-16-7-5-4-6-13(16)18(21)26/h4-9,11H,3,10H2,1-2H3,(H2,21,26)(H,23,27). The number of benzene rings is 1. The third kappa shape index (κ3) is 3.57. The van der Waals surface area contributed by atoms with Crippen molar-refractivity contribution in [3.05, 3.63) is 69.6 Å². The van der Waals surface area contributed by atoms with Gasteiger partial charge in [0.1, 0.15) is 11.2 Å². The second-order valence-electron chi connectivity index (χ2n) is 6.25. The summed E-state index contributed by atoms with van der Waals surface area (Å²) in [6, 6.07) is 9.82. The molecule has 1 aromatic carbocycles. The quantitative estimate of drug-likeness (QED) is 0.725. The van der Waals surface area contributed by atoms with Crippen LogP contribution in [0.5, 0.6) is 0 Å². The Balaban J connectivity index is 2.10. The van der Waals surface area contributed by atoms with E-state index < -0.39 is 17.2 Å². The number of pyridine rings is 2. The van der Waals surface area contributed by atoms with Crippen molar-refractivity contribution in [1.29, 1.82) is 0 Å². The van der Waals surface area contributed by atoms with Gasteiger partial charge in [0.15, 0.2) is 0 Å². The van der Waals surface area contributed by atoms with Crippen molar-refractivity contribution in [1.82, 2.24) is 9.55 Å². The van der Waals surface area contributed by atoms with Gasteiger partial charge in [-0.15, -0.1) is 0 Å². The van der Waals surface area contributed by atoms with Crippen LogP contribution < -0.4 is 16.5 Å². The monoisotopic (exact) mass is 364 g/mol. The third-order valence-corrected chi connectivity index (χ3v) is 4.21. The average Bonchev–Trinajstić information content (AvgIpc) is 2.64. The van der Waals surface area contributed by atoms with Crippen LogP contribution in [0, 0.1) is 6.92 Å². The van der Waals surface area contributed by atoms with Gasteiger partial charge in [0, 0.05) is 18.4 Å². The Hall–Kier alpha value is -3.48. The number of nitrogens with one attached hydrogen (secondary N) is 1. The van der Waals surface area contributed by atoms with E-state index in [1.54, 1.807) is 34.9 Å². The molecule has 2 aromatic heterocycles. The number of fused-ring (bicyclic) bond motifs is 1.